The summed E-state index contributed by atoms with van der Waals surface area (Å²) in [6.45, 7) is 4.35. The molecular weight excluding hydrogens is 208 g/mol. The first-order valence-corrected chi connectivity index (χ1v) is 6.10. The normalized spacial score (nSPS) is 11.5. The number of aromatic nitrogens is 2. The van der Waals surface area contributed by atoms with Crippen LogP contribution in [-0.2, 0) is 13.5 Å². The molecule has 0 atom stereocenters. The topological polar surface area (TPSA) is 8.29 Å². The average molecular weight is 225 g/mol. The SMILES string of the molecule is CCc1n2c(ccc3ccc(C)cc32)c[n+]1C. The summed E-state index contributed by atoms with van der Waals surface area (Å²) in [5, 5.41) is 1.30. The van der Waals surface area contributed by atoms with Crippen molar-refractivity contribution in [2.45, 2.75) is 20.3 Å². The maximum absolute atomic E-state index is 2.36. The monoisotopic (exact) mass is 225 g/mol. The molecule has 0 aliphatic heterocycles. The highest BCUT2D eigenvalue weighted by Crippen LogP contribution is 2.19. The predicted octanol–water partition coefficient (Wildman–Crippen LogP) is 2.79. The summed E-state index contributed by atoms with van der Waals surface area (Å²) in [4.78, 5) is 0. The van der Waals surface area contributed by atoms with Gasteiger partial charge >= 0.3 is 0 Å². The quantitative estimate of drug-likeness (QED) is 0.563. The van der Waals surface area contributed by atoms with E-state index in [-0.39, 0.29) is 0 Å². The van der Waals surface area contributed by atoms with Gasteiger partial charge in [-0.05, 0) is 30.7 Å². The van der Waals surface area contributed by atoms with Crippen molar-refractivity contribution in [3.05, 3.63) is 47.9 Å². The highest BCUT2D eigenvalue weighted by atomic mass is 15.1. The maximum Gasteiger partial charge on any atom is 0.261 e. The number of aryl methyl sites for hydroxylation is 3. The molecule has 0 unspecified atom stereocenters. The number of nitrogens with zero attached hydrogens (tertiary/aromatic N) is 2. The zero-order valence-corrected chi connectivity index (χ0v) is 10.6. The largest absolute Gasteiger partial charge is 0.261 e. The van der Waals surface area contributed by atoms with E-state index in [0.717, 1.165) is 6.42 Å². The van der Waals surface area contributed by atoms with Crippen molar-refractivity contribution >= 4 is 16.4 Å². The Bertz CT molecular complexity index is 708. The van der Waals surface area contributed by atoms with Crippen LogP contribution in [-0.4, -0.2) is 4.40 Å². The van der Waals surface area contributed by atoms with Crippen molar-refractivity contribution in [1.29, 1.82) is 0 Å². The number of imidazole rings is 1. The Kier molecular flexibility index (Phi) is 2.18. The minimum atomic E-state index is 1.04. The van der Waals surface area contributed by atoms with Gasteiger partial charge in [-0.15, -0.1) is 0 Å². The van der Waals surface area contributed by atoms with Gasteiger partial charge in [0.25, 0.3) is 5.82 Å². The van der Waals surface area contributed by atoms with E-state index in [1.165, 1.54) is 27.8 Å². The Labute approximate surface area is 101 Å². The van der Waals surface area contributed by atoms with E-state index in [1.807, 2.05) is 0 Å². The fourth-order valence-electron chi connectivity index (χ4n) is 2.60. The van der Waals surface area contributed by atoms with Gasteiger partial charge in [0.05, 0.1) is 7.05 Å². The minimum Gasteiger partial charge on any atom is -0.236 e. The predicted molar refractivity (Wildman–Crippen MR) is 70.2 cm³/mol. The van der Waals surface area contributed by atoms with Crippen molar-refractivity contribution in [3.63, 3.8) is 0 Å². The summed E-state index contributed by atoms with van der Waals surface area (Å²) >= 11 is 0. The van der Waals surface area contributed by atoms with Gasteiger partial charge < -0.3 is 0 Å². The third-order valence-electron chi connectivity index (χ3n) is 3.43. The molecule has 86 valence electrons. The minimum absolute atomic E-state index is 1.04. The van der Waals surface area contributed by atoms with Crippen molar-refractivity contribution in [2.24, 2.45) is 7.05 Å². The Hall–Kier alpha value is -1.83. The smallest absolute Gasteiger partial charge is 0.236 e. The lowest BCUT2D eigenvalue weighted by Crippen LogP contribution is -2.30. The standard InChI is InChI=1S/C15H17N2/c1-4-15-16(3)10-13-8-7-12-6-5-11(2)9-14(12)17(13)15/h5-10H,4H2,1-3H3/q+1. The van der Waals surface area contributed by atoms with Crippen LogP contribution in [0, 0.1) is 6.92 Å². The Morgan fingerprint density at radius 2 is 1.94 bits per heavy atom. The fourth-order valence-corrected chi connectivity index (χ4v) is 2.60. The second kappa shape index (κ2) is 3.59. The second-order valence-corrected chi connectivity index (χ2v) is 4.67. The molecular formula is C15H17N2+. The number of fused-ring (bicyclic) bond motifs is 3. The molecule has 2 nitrogen and oxygen atoms in total. The van der Waals surface area contributed by atoms with Crippen LogP contribution in [0.4, 0.5) is 0 Å². The summed E-state index contributed by atoms with van der Waals surface area (Å²) in [7, 11) is 2.12. The van der Waals surface area contributed by atoms with Gasteiger partial charge in [0.2, 0.25) is 0 Å². The highest BCUT2D eigenvalue weighted by molar-refractivity contribution is 5.83. The van der Waals surface area contributed by atoms with E-state index in [1.54, 1.807) is 0 Å². The molecule has 0 saturated heterocycles. The molecule has 0 aliphatic rings. The molecule has 17 heavy (non-hydrogen) atoms. The molecule has 3 rings (SSSR count). The lowest BCUT2D eigenvalue weighted by atomic mass is 10.1. The Balaban J connectivity index is 2.56. The number of hydrogen-bond donors (Lipinski definition) is 0. The van der Waals surface area contributed by atoms with Gasteiger partial charge in [0.1, 0.15) is 11.7 Å². The molecule has 0 radical (unpaired) electrons. The first kappa shape index (κ1) is 10.3. The van der Waals surface area contributed by atoms with E-state index >= 15 is 0 Å². The number of pyridine rings is 1. The summed E-state index contributed by atoms with van der Waals surface area (Å²) < 4.78 is 4.58. The zero-order valence-electron chi connectivity index (χ0n) is 10.6. The summed E-state index contributed by atoms with van der Waals surface area (Å²) in [5.41, 5.74) is 3.88. The summed E-state index contributed by atoms with van der Waals surface area (Å²) in [6, 6.07) is 11.0. The summed E-state index contributed by atoms with van der Waals surface area (Å²) in [5.74, 6) is 1.34. The van der Waals surface area contributed by atoms with Crippen molar-refractivity contribution in [1.82, 2.24) is 4.40 Å². The maximum atomic E-state index is 2.36. The van der Waals surface area contributed by atoms with Crippen LogP contribution in [0.3, 0.4) is 0 Å². The lowest BCUT2D eigenvalue weighted by Gasteiger charge is -2.00. The molecule has 2 heterocycles. The molecule has 0 amide bonds. The molecule has 0 saturated carbocycles. The molecule has 0 spiro atoms. The molecule has 0 N–H and O–H groups in total. The highest BCUT2D eigenvalue weighted by Gasteiger charge is 2.16. The van der Waals surface area contributed by atoms with Gasteiger partial charge in [-0.3, -0.25) is 0 Å². The van der Waals surface area contributed by atoms with E-state index in [9.17, 15) is 0 Å². The number of hydrogen-bond acceptors (Lipinski definition) is 0. The first-order valence-electron chi connectivity index (χ1n) is 6.10. The Morgan fingerprint density at radius 1 is 1.18 bits per heavy atom. The van der Waals surface area contributed by atoms with Crippen LogP contribution in [0.2, 0.25) is 0 Å². The van der Waals surface area contributed by atoms with Gasteiger partial charge in [-0.1, -0.05) is 19.1 Å². The molecule has 0 fully saturated rings. The molecule has 0 aliphatic carbocycles. The molecule has 3 aromatic rings. The van der Waals surface area contributed by atoms with Crippen LogP contribution in [0.15, 0.2) is 36.5 Å². The zero-order chi connectivity index (χ0) is 12.0. The van der Waals surface area contributed by atoms with Crippen LogP contribution >= 0.6 is 0 Å². The van der Waals surface area contributed by atoms with E-state index in [2.05, 4.69) is 66.4 Å². The van der Waals surface area contributed by atoms with Crippen LogP contribution < -0.4 is 4.57 Å². The van der Waals surface area contributed by atoms with Crippen LogP contribution in [0.1, 0.15) is 18.3 Å². The van der Waals surface area contributed by atoms with Crippen molar-refractivity contribution in [3.8, 4) is 0 Å². The van der Waals surface area contributed by atoms with Crippen molar-refractivity contribution < 1.29 is 4.57 Å². The third-order valence-corrected chi connectivity index (χ3v) is 3.43. The van der Waals surface area contributed by atoms with E-state index in [4.69, 9.17) is 0 Å². The lowest BCUT2D eigenvalue weighted by molar-refractivity contribution is -0.677. The van der Waals surface area contributed by atoms with Gasteiger partial charge in [-0.25, -0.2) is 4.57 Å². The number of rotatable bonds is 1. The van der Waals surface area contributed by atoms with Crippen LogP contribution in [0.5, 0.6) is 0 Å². The first-order chi connectivity index (χ1) is 8.20. The van der Waals surface area contributed by atoms with Gasteiger partial charge in [0.15, 0.2) is 5.52 Å². The second-order valence-electron chi connectivity index (χ2n) is 4.67. The fraction of sp³-hybridized carbons (Fsp3) is 0.267. The molecule has 2 heteroatoms. The van der Waals surface area contributed by atoms with Gasteiger partial charge in [0, 0.05) is 11.8 Å². The molecule has 2 aromatic heterocycles. The van der Waals surface area contributed by atoms with Crippen LogP contribution in [0.25, 0.3) is 16.4 Å². The average Bonchev–Trinajstić information content (AvgIpc) is 2.64. The molecule has 0 bridgehead atoms. The Morgan fingerprint density at radius 3 is 2.71 bits per heavy atom. The van der Waals surface area contributed by atoms with Gasteiger partial charge in [-0.2, -0.15) is 4.40 Å². The van der Waals surface area contributed by atoms with E-state index < -0.39 is 0 Å². The summed E-state index contributed by atoms with van der Waals surface area (Å²) in [6.07, 6.45) is 3.23. The van der Waals surface area contributed by atoms with E-state index in [0.29, 0.717) is 0 Å². The third kappa shape index (κ3) is 1.44. The van der Waals surface area contributed by atoms with Crippen molar-refractivity contribution in [2.75, 3.05) is 0 Å². The molecule has 1 aromatic carbocycles. The number of benzene rings is 1.